The van der Waals surface area contributed by atoms with E-state index in [1.165, 1.54) is 23.4 Å². The highest BCUT2D eigenvalue weighted by Crippen LogP contribution is 2.19. The smallest absolute Gasteiger partial charge is 0.140 e. The van der Waals surface area contributed by atoms with E-state index in [2.05, 4.69) is 66.9 Å². The maximum absolute atomic E-state index is 9.01. The van der Waals surface area contributed by atoms with E-state index in [-0.39, 0.29) is 11.8 Å². The summed E-state index contributed by atoms with van der Waals surface area (Å²) >= 11 is 0. The maximum atomic E-state index is 9.01. The first-order valence-corrected chi connectivity index (χ1v) is 7.48. The summed E-state index contributed by atoms with van der Waals surface area (Å²) in [5.74, 6) is 0. The molecule has 24 heavy (non-hydrogen) atoms. The molecule has 1 rings (SSSR count). The molecule has 4 heteroatoms. The number of allylic oxidation sites excluding steroid dienone is 1. The number of benzene rings is 1. The molecule has 0 aromatic heterocycles. The van der Waals surface area contributed by atoms with Gasteiger partial charge in [0.05, 0.1) is 5.70 Å². The highest BCUT2D eigenvalue weighted by molar-refractivity contribution is 6.07. The molecule has 0 aliphatic heterocycles. The van der Waals surface area contributed by atoms with Gasteiger partial charge in [0.25, 0.3) is 0 Å². The highest BCUT2D eigenvalue weighted by atomic mass is 15.0. The van der Waals surface area contributed by atoms with Crippen molar-refractivity contribution < 1.29 is 0 Å². The van der Waals surface area contributed by atoms with Gasteiger partial charge in [-0.2, -0.15) is 5.26 Å². The van der Waals surface area contributed by atoms with E-state index in [4.69, 9.17) is 11.7 Å². The monoisotopic (exact) mass is 318 g/mol. The van der Waals surface area contributed by atoms with Crippen LogP contribution in [0, 0.1) is 37.6 Å². The molecule has 0 saturated carbocycles. The minimum absolute atomic E-state index is 0.0236. The molecule has 1 aromatic rings. The van der Waals surface area contributed by atoms with E-state index < -0.39 is 0 Å². The Hall–Kier alpha value is -3.24. The number of nitrogens with zero attached hydrogens (tertiary/aromatic N) is 2. The molecule has 0 saturated heterocycles. The summed E-state index contributed by atoms with van der Waals surface area (Å²) in [6.45, 7) is 13.7. The second kappa shape index (κ2) is 9.02. The standard InChI is InChI=1S/C20H22N4/c1-7-19(12-21)24-20(13-22-8-2)17(6)23-16(5)18-10-9-14(3)15(4)11-18/h2,7,9-11,13,16,22-23H,1,6H2,3-5H3/b20-13+,24-19?. The van der Waals surface area contributed by atoms with E-state index in [1.54, 1.807) is 0 Å². The third-order valence-electron chi connectivity index (χ3n) is 3.57. The molecule has 0 bridgehead atoms. The molecule has 0 spiro atoms. The third kappa shape index (κ3) is 5.19. The van der Waals surface area contributed by atoms with Gasteiger partial charge in [0, 0.05) is 18.3 Å². The molecule has 122 valence electrons. The molecule has 0 fully saturated rings. The van der Waals surface area contributed by atoms with Crippen molar-refractivity contribution in [3.63, 3.8) is 0 Å². The van der Waals surface area contributed by atoms with Crippen LogP contribution in [-0.4, -0.2) is 5.71 Å². The fourth-order valence-electron chi connectivity index (χ4n) is 2.00. The van der Waals surface area contributed by atoms with Crippen LogP contribution >= 0.6 is 0 Å². The zero-order chi connectivity index (χ0) is 18.1. The Bertz CT molecular complexity index is 770. The van der Waals surface area contributed by atoms with Crippen molar-refractivity contribution in [3.8, 4) is 18.5 Å². The van der Waals surface area contributed by atoms with Crippen molar-refractivity contribution in [2.24, 2.45) is 4.99 Å². The Balaban J connectivity index is 3.01. The summed E-state index contributed by atoms with van der Waals surface area (Å²) in [7, 11) is 0. The fraction of sp³-hybridized carbons (Fsp3) is 0.200. The average Bonchev–Trinajstić information content (AvgIpc) is 2.57. The average molecular weight is 318 g/mol. The second-order valence-electron chi connectivity index (χ2n) is 5.32. The Morgan fingerprint density at radius 2 is 2.08 bits per heavy atom. The molecular weight excluding hydrogens is 296 g/mol. The number of hydrogen-bond donors (Lipinski definition) is 2. The fourth-order valence-corrected chi connectivity index (χ4v) is 2.00. The van der Waals surface area contributed by atoms with E-state index >= 15 is 0 Å². The van der Waals surface area contributed by atoms with Crippen molar-refractivity contribution in [1.82, 2.24) is 10.6 Å². The lowest BCUT2D eigenvalue weighted by atomic mass is 10.0. The summed E-state index contributed by atoms with van der Waals surface area (Å²) in [6, 6.07) is 10.6. The van der Waals surface area contributed by atoms with Crippen molar-refractivity contribution >= 4 is 5.71 Å². The lowest BCUT2D eigenvalue weighted by Gasteiger charge is -2.19. The van der Waals surface area contributed by atoms with Gasteiger partial charge in [-0.3, -0.25) is 0 Å². The van der Waals surface area contributed by atoms with E-state index in [0.29, 0.717) is 11.4 Å². The van der Waals surface area contributed by atoms with Crippen LogP contribution in [-0.2, 0) is 0 Å². The zero-order valence-electron chi connectivity index (χ0n) is 14.4. The van der Waals surface area contributed by atoms with Crippen LogP contribution in [0.3, 0.4) is 0 Å². The summed E-state index contributed by atoms with van der Waals surface area (Å²) in [5, 5.41) is 14.9. The van der Waals surface area contributed by atoms with Crippen LogP contribution < -0.4 is 10.6 Å². The third-order valence-corrected chi connectivity index (χ3v) is 3.57. The van der Waals surface area contributed by atoms with E-state index in [0.717, 1.165) is 5.56 Å². The zero-order valence-corrected chi connectivity index (χ0v) is 14.4. The number of terminal acetylenes is 1. The quantitative estimate of drug-likeness (QED) is 0.349. The molecule has 4 nitrogen and oxygen atoms in total. The maximum Gasteiger partial charge on any atom is 0.140 e. The molecule has 0 aliphatic carbocycles. The number of aliphatic imine (C=N–C) groups is 1. The largest absolute Gasteiger partial charge is 0.377 e. The van der Waals surface area contributed by atoms with Gasteiger partial charge < -0.3 is 10.6 Å². The molecule has 0 radical (unpaired) electrons. The predicted octanol–water partition coefficient (Wildman–Crippen LogP) is 3.64. The molecule has 2 N–H and O–H groups in total. The normalized spacial score (nSPS) is 12.5. The molecule has 1 unspecified atom stereocenters. The van der Waals surface area contributed by atoms with Gasteiger partial charge in [0.15, 0.2) is 0 Å². The van der Waals surface area contributed by atoms with Crippen LogP contribution in [0.25, 0.3) is 0 Å². The Morgan fingerprint density at radius 3 is 2.62 bits per heavy atom. The first-order valence-electron chi connectivity index (χ1n) is 7.48. The molecule has 0 heterocycles. The number of aryl methyl sites for hydroxylation is 2. The molecule has 1 aromatic carbocycles. The lowest BCUT2D eigenvalue weighted by molar-refractivity contribution is 0.658. The number of nitriles is 1. The van der Waals surface area contributed by atoms with Crippen molar-refractivity contribution in [2.75, 3.05) is 0 Å². The second-order valence-corrected chi connectivity index (χ2v) is 5.32. The SMILES string of the molecule is C#CN/C=C(/N=C(C#N)C=C)C(=C)NC(C)c1ccc(C)c(C)c1. The van der Waals surface area contributed by atoms with Gasteiger partial charge in [-0.25, -0.2) is 4.99 Å². The highest BCUT2D eigenvalue weighted by Gasteiger charge is 2.10. The van der Waals surface area contributed by atoms with Crippen LogP contribution in [0.15, 0.2) is 60.0 Å². The Kier molecular flexibility index (Phi) is 7.07. The van der Waals surface area contributed by atoms with Crippen LogP contribution in [0.4, 0.5) is 0 Å². The lowest BCUT2D eigenvalue weighted by Crippen LogP contribution is -2.19. The topological polar surface area (TPSA) is 60.2 Å². The van der Waals surface area contributed by atoms with Crippen LogP contribution in [0.1, 0.15) is 29.7 Å². The number of hydrogen-bond acceptors (Lipinski definition) is 4. The van der Waals surface area contributed by atoms with Gasteiger partial charge in [-0.15, -0.1) is 0 Å². The summed E-state index contributed by atoms with van der Waals surface area (Å²) in [5.41, 5.74) is 4.79. The van der Waals surface area contributed by atoms with Crippen molar-refractivity contribution in [2.45, 2.75) is 26.8 Å². The van der Waals surface area contributed by atoms with Crippen LogP contribution in [0.5, 0.6) is 0 Å². The first kappa shape index (κ1) is 18.8. The predicted molar refractivity (Wildman–Crippen MR) is 99.9 cm³/mol. The molecule has 0 amide bonds. The summed E-state index contributed by atoms with van der Waals surface area (Å²) in [6.07, 6.45) is 8.10. The van der Waals surface area contributed by atoms with E-state index in [9.17, 15) is 0 Å². The number of nitrogens with one attached hydrogen (secondary N) is 2. The Labute approximate surface area is 144 Å². The van der Waals surface area contributed by atoms with Crippen LogP contribution in [0.2, 0.25) is 0 Å². The molecule has 0 aliphatic rings. The minimum Gasteiger partial charge on any atom is -0.377 e. The van der Waals surface area contributed by atoms with Crippen molar-refractivity contribution in [1.29, 1.82) is 5.26 Å². The number of rotatable bonds is 7. The molecule has 1 atom stereocenters. The van der Waals surface area contributed by atoms with Crippen molar-refractivity contribution in [3.05, 3.63) is 71.7 Å². The van der Waals surface area contributed by atoms with Gasteiger partial charge in [-0.1, -0.05) is 37.8 Å². The minimum atomic E-state index is 0.0236. The summed E-state index contributed by atoms with van der Waals surface area (Å²) in [4.78, 5) is 4.21. The molecular formula is C20H22N4. The van der Waals surface area contributed by atoms with Gasteiger partial charge in [0.2, 0.25) is 0 Å². The summed E-state index contributed by atoms with van der Waals surface area (Å²) < 4.78 is 0. The van der Waals surface area contributed by atoms with Gasteiger partial charge in [-0.05, 0) is 43.5 Å². The van der Waals surface area contributed by atoms with Gasteiger partial charge >= 0.3 is 0 Å². The van der Waals surface area contributed by atoms with Gasteiger partial charge in [0.1, 0.15) is 17.5 Å². The Morgan fingerprint density at radius 1 is 1.38 bits per heavy atom. The first-order chi connectivity index (χ1) is 11.4. The van der Waals surface area contributed by atoms with E-state index in [1.807, 2.05) is 13.0 Å².